The Hall–Kier alpha value is -2.11. The van der Waals surface area contributed by atoms with Crippen molar-refractivity contribution in [2.75, 3.05) is 5.32 Å². The third-order valence-electron chi connectivity index (χ3n) is 4.12. The Morgan fingerprint density at radius 2 is 1.80 bits per heavy atom. The normalized spacial score (nSPS) is 14.3. The van der Waals surface area contributed by atoms with Crippen LogP contribution in [0.4, 0.5) is 5.69 Å². The van der Waals surface area contributed by atoms with Gasteiger partial charge in [0.1, 0.15) is 5.69 Å². The zero-order chi connectivity index (χ0) is 17.8. The minimum atomic E-state index is -0.459. The molecule has 0 spiro atoms. The molecule has 2 aromatic rings. The smallest absolute Gasteiger partial charge is 0.274 e. The van der Waals surface area contributed by atoms with Gasteiger partial charge in [-0.2, -0.15) is 0 Å². The van der Waals surface area contributed by atoms with E-state index in [1.807, 2.05) is 0 Å². The Bertz CT molecular complexity index is 805. The van der Waals surface area contributed by atoms with E-state index >= 15 is 0 Å². The Balaban J connectivity index is 1.72. The second kappa shape index (κ2) is 7.85. The average Bonchev–Trinajstić information content (AvgIpc) is 3.11. The third kappa shape index (κ3) is 4.50. The number of benzene rings is 1. The lowest BCUT2D eigenvalue weighted by Gasteiger charge is -2.12. The molecule has 0 atom stereocenters. The minimum absolute atomic E-state index is 0.134. The third-order valence-corrected chi connectivity index (χ3v) is 4.69. The van der Waals surface area contributed by atoms with Crippen molar-refractivity contribution in [3.63, 3.8) is 0 Å². The summed E-state index contributed by atoms with van der Waals surface area (Å²) in [7, 11) is 0. The molecular weight excluding hydrogens is 361 g/mol. The fraction of sp³-hybridized carbons (Fsp3) is 0.278. The van der Waals surface area contributed by atoms with Gasteiger partial charge in [-0.15, -0.1) is 0 Å². The molecule has 0 radical (unpaired) electrons. The van der Waals surface area contributed by atoms with Crippen LogP contribution in [0.2, 0.25) is 10.0 Å². The van der Waals surface area contributed by atoms with Crippen LogP contribution >= 0.6 is 23.2 Å². The van der Waals surface area contributed by atoms with E-state index in [0.29, 0.717) is 21.3 Å². The molecule has 0 bridgehead atoms. The fourth-order valence-corrected chi connectivity index (χ4v) is 3.15. The molecule has 5 nitrogen and oxygen atoms in total. The van der Waals surface area contributed by atoms with Crippen molar-refractivity contribution in [3.05, 3.63) is 57.8 Å². The molecule has 130 valence electrons. The molecule has 0 aliphatic heterocycles. The van der Waals surface area contributed by atoms with Crippen molar-refractivity contribution < 1.29 is 9.59 Å². The van der Waals surface area contributed by atoms with Crippen LogP contribution in [0, 0.1) is 0 Å². The van der Waals surface area contributed by atoms with Crippen molar-refractivity contribution >= 4 is 40.7 Å². The number of amides is 2. The molecule has 3 rings (SSSR count). The number of pyridine rings is 1. The van der Waals surface area contributed by atoms with Gasteiger partial charge in [0.15, 0.2) is 0 Å². The summed E-state index contributed by atoms with van der Waals surface area (Å²) in [5.41, 5.74) is 0.932. The summed E-state index contributed by atoms with van der Waals surface area (Å²) >= 11 is 12.0. The summed E-state index contributed by atoms with van der Waals surface area (Å²) < 4.78 is 0. The number of nitrogens with zero attached hydrogens (tertiary/aromatic N) is 1. The molecule has 25 heavy (non-hydrogen) atoms. The second-order valence-electron chi connectivity index (χ2n) is 5.96. The Morgan fingerprint density at radius 3 is 2.56 bits per heavy atom. The van der Waals surface area contributed by atoms with Gasteiger partial charge in [-0.25, -0.2) is 0 Å². The monoisotopic (exact) mass is 377 g/mol. The molecule has 2 amide bonds. The summed E-state index contributed by atoms with van der Waals surface area (Å²) in [6.07, 6.45) is 5.71. The largest absolute Gasteiger partial charge is 0.349 e. The van der Waals surface area contributed by atoms with Crippen LogP contribution in [0.5, 0.6) is 0 Å². The van der Waals surface area contributed by atoms with Gasteiger partial charge >= 0.3 is 0 Å². The number of carbonyl (C=O) groups excluding carboxylic acids is 2. The summed E-state index contributed by atoms with van der Waals surface area (Å²) in [6.45, 7) is 0. The van der Waals surface area contributed by atoms with Gasteiger partial charge in [0.05, 0.1) is 10.7 Å². The Labute approximate surface area is 155 Å². The minimum Gasteiger partial charge on any atom is -0.349 e. The van der Waals surface area contributed by atoms with Crippen molar-refractivity contribution in [3.8, 4) is 0 Å². The molecule has 7 heteroatoms. The van der Waals surface area contributed by atoms with Crippen molar-refractivity contribution in [2.45, 2.75) is 31.7 Å². The molecule has 1 heterocycles. The van der Waals surface area contributed by atoms with Crippen LogP contribution < -0.4 is 10.6 Å². The zero-order valence-electron chi connectivity index (χ0n) is 13.4. The van der Waals surface area contributed by atoms with E-state index in [1.54, 1.807) is 24.3 Å². The van der Waals surface area contributed by atoms with Crippen LogP contribution in [-0.4, -0.2) is 22.8 Å². The zero-order valence-corrected chi connectivity index (χ0v) is 14.9. The number of nitrogens with one attached hydrogen (secondary N) is 2. The number of carbonyl (C=O) groups is 2. The molecule has 1 aromatic carbocycles. The van der Waals surface area contributed by atoms with E-state index in [-0.39, 0.29) is 17.6 Å². The van der Waals surface area contributed by atoms with Gasteiger partial charge in [0.25, 0.3) is 11.8 Å². The lowest BCUT2D eigenvalue weighted by atomic mass is 10.1. The Kier molecular flexibility index (Phi) is 5.56. The topological polar surface area (TPSA) is 71.1 Å². The molecule has 0 unspecified atom stereocenters. The average molecular weight is 378 g/mol. The molecule has 1 saturated carbocycles. The molecule has 2 N–H and O–H groups in total. The van der Waals surface area contributed by atoms with Crippen molar-refractivity contribution in [1.82, 2.24) is 10.3 Å². The van der Waals surface area contributed by atoms with Crippen molar-refractivity contribution in [2.24, 2.45) is 0 Å². The predicted molar refractivity (Wildman–Crippen MR) is 98.4 cm³/mol. The van der Waals surface area contributed by atoms with Crippen LogP contribution in [0.1, 0.15) is 46.5 Å². The first-order valence-corrected chi connectivity index (χ1v) is 8.82. The number of hydrogen-bond donors (Lipinski definition) is 2. The maximum absolute atomic E-state index is 12.4. The summed E-state index contributed by atoms with van der Waals surface area (Å²) in [6, 6.07) is 8.05. The van der Waals surface area contributed by atoms with Crippen LogP contribution in [0.15, 0.2) is 36.5 Å². The number of aromatic nitrogens is 1. The molecule has 1 aliphatic carbocycles. The van der Waals surface area contributed by atoms with E-state index in [4.69, 9.17) is 23.2 Å². The first kappa shape index (κ1) is 17.7. The first-order valence-electron chi connectivity index (χ1n) is 8.06. The van der Waals surface area contributed by atoms with E-state index in [9.17, 15) is 9.59 Å². The SMILES string of the molecule is O=C(NC1CCCC1)c1ccnc(C(=O)Nc2cc(Cl)ccc2Cl)c1. The summed E-state index contributed by atoms with van der Waals surface area (Å²) in [5, 5.41) is 6.47. The summed E-state index contributed by atoms with van der Waals surface area (Å²) in [5.74, 6) is -0.649. The standard InChI is InChI=1S/C18H17Cl2N3O2/c19-12-5-6-14(20)15(10-12)23-18(25)16-9-11(7-8-21-16)17(24)22-13-3-1-2-4-13/h5-10,13H,1-4H2,(H,22,24)(H,23,25). The molecule has 1 aliphatic rings. The number of rotatable bonds is 4. The highest BCUT2D eigenvalue weighted by atomic mass is 35.5. The lowest BCUT2D eigenvalue weighted by molar-refractivity contribution is 0.0937. The molecular formula is C18H17Cl2N3O2. The predicted octanol–water partition coefficient (Wildman–Crippen LogP) is 4.31. The maximum atomic E-state index is 12.4. The van der Waals surface area contributed by atoms with Gasteiger partial charge in [-0.05, 0) is 43.2 Å². The quantitative estimate of drug-likeness (QED) is 0.833. The van der Waals surface area contributed by atoms with Crippen LogP contribution in [0.3, 0.4) is 0 Å². The van der Waals surface area contributed by atoms with E-state index in [0.717, 1.165) is 25.7 Å². The maximum Gasteiger partial charge on any atom is 0.274 e. The first-order chi connectivity index (χ1) is 12.0. The van der Waals surface area contributed by atoms with Gasteiger partial charge in [-0.3, -0.25) is 14.6 Å². The van der Waals surface area contributed by atoms with Gasteiger partial charge in [0.2, 0.25) is 0 Å². The Morgan fingerprint density at radius 1 is 1.04 bits per heavy atom. The second-order valence-corrected chi connectivity index (χ2v) is 6.81. The van der Waals surface area contributed by atoms with Crippen LogP contribution in [-0.2, 0) is 0 Å². The molecule has 1 fully saturated rings. The molecule has 0 saturated heterocycles. The van der Waals surface area contributed by atoms with Gasteiger partial charge in [0, 0.05) is 22.8 Å². The van der Waals surface area contributed by atoms with E-state index in [1.165, 1.54) is 12.3 Å². The van der Waals surface area contributed by atoms with Gasteiger partial charge < -0.3 is 10.6 Å². The number of halogens is 2. The van der Waals surface area contributed by atoms with E-state index < -0.39 is 5.91 Å². The molecule has 1 aromatic heterocycles. The summed E-state index contributed by atoms with van der Waals surface area (Å²) in [4.78, 5) is 28.7. The highest BCUT2D eigenvalue weighted by Crippen LogP contribution is 2.25. The number of anilines is 1. The fourth-order valence-electron chi connectivity index (χ4n) is 2.81. The number of hydrogen-bond acceptors (Lipinski definition) is 3. The van der Waals surface area contributed by atoms with Crippen molar-refractivity contribution in [1.29, 1.82) is 0 Å². The highest BCUT2D eigenvalue weighted by Gasteiger charge is 2.19. The lowest BCUT2D eigenvalue weighted by Crippen LogP contribution is -2.32. The highest BCUT2D eigenvalue weighted by molar-refractivity contribution is 6.35. The van der Waals surface area contributed by atoms with Gasteiger partial charge in [-0.1, -0.05) is 36.0 Å². The van der Waals surface area contributed by atoms with E-state index in [2.05, 4.69) is 15.6 Å². The van der Waals surface area contributed by atoms with Crippen LogP contribution in [0.25, 0.3) is 0 Å².